The summed E-state index contributed by atoms with van der Waals surface area (Å²) in [6.45, 7) is -0.146. The Balaban J connectivity index is 2.41. The smallest absolute Gasteiger partial charge is 0.396 e. The minimum Gasteiger partial charge on any atom is -0.396 e. The van der Waals surface area contributed by atoms with Gasteiger partial charge >= 0.3 is 6.18 Å². The van der Waals surface area contributed by atoms with Gasteiger partial charge in [-0.3, -0.25) is 0 Å². The van der Waals surface area contributed by atoms with Crippen LogP contribution in [0.1, 0.15) is 0 Å². The lowest BCUT2D eigenvalue weighted by molar-refractivity contribution is -0.240. The van der Waals surface area contributed by atoms with E-state index in [0.717, 1.165) is 0 Å². The van der Waals surface area contributed by atoms with Gasteiger partial charge in [0.05, 0.1) is 6.61 Å². The average Bonchev–Trinajstić information content (AvgIpc) is 2.56. The first-order valence-electron chi connectivity index (χ1n) is 4.57. The standard InChI is InChI=1S/C8H13F3N2O/c9-8(10,11)7-3-12-1-6(7,5-14)2-13-4-7/h12-14H,1-5H2. The molecule has 0 radical (unpaired) electrons. The normalized spacial score (nSPS) is 42.9. The summed E-state index contributed by atoms with van der Waals surface area (Å²) in [7, 11) is 0. The molecule has 0 amide bonds. The molecule has 2 heterocycles. The van der Waals surface area contributed by atoms with Crippen LogP contribution in [0.2, 0.25) is 0 Å². The Bertz CT molecular complexity index is 231. The van der Waals surface area contributed by atoms with Gasteiger partial charge in [-0.2, -0.15) is 13.2 Å². The fourth-order valence-electron chi connectivity index (χ4n) is 2.63. The van der Waals surface area contributed by atoms with Gasteiger partial charge in [0.25, 0.3) is 0 Å². The molecule has 0 aromatic carbocycles. The Kier molecular flexibility index (Phi) is 2.06. The van der Waals surface area contributed by atoms with Crippen molar-refractivity contribution in [3.63, 3.8) is 0 Å². The van der Waals surface area contributed by atoms with Crippen LogP contribution in [0.15, 0.2) is 0 Å². The summed E-state index contributed by atoms with van der Waals surface area (Å²) in [5, 5.41) is 14.7. The maximum Gasteiger partial charge on any atom is 0.397 e. The minimum absolute atomic E-state index is 0.0932. The number of aliphatic hydroxyl groups excluding tert-OH is 1. The van der Waals surface area contributed by atoms with E-state index < -0.39 is 23.6 Å². The lowest BCUT2D eigenvalue weighted by Crippen LogP contribution is -2.52. The number of rotatable bonds is 1. The maximum atomic E-state index is 12.9. The summed E-state index contributed by atoms with van der Waals surface area (Å²) in [6.07, 6.45) is -4.26. The average molecular weight is 210 g/mol. The Morgan fingerprint density at radius 1 is 1.07 bits per heavy atom. The van der Waals surface area contributed by atoms with Gasteiger partial charge in [0.2, 0.25) is 0 Å². The van der Waals surface area contributed by atoms with E-state index in [1.807, 2.05) is 0 Å². The molecule has 6 heteroatoms. The first-order valence-corrected chi connectivity index (χ1v) is 4.57. The van der Waals surface area contributed by atoms with Crippen LogP contribution in [0.25, 0.3) is 0 Å². The zero-order valence-electron chi connectivity index (χ0n) is 7.62. The van der Waals surface area contributed by atoms with E-state index >= 15 is 0 Å². The van der Waals surface area contributed by atoms with Crippen molar-refractivity contribution in [1.29, 1.82) is 0 Å². The largest absolute Gasteiger partial charge is 0.397 e. The van der Waals surface area contributed by atoms with Gasteiger partial charge in [0.15, 0.2) is 0 Å². The SMILES string of the molecule is OCC12CNCC1(C(F)(F)F)CNC2. The van der Waals surface area contributed by atoms with Crippen molar-refractivity contribution in [3.8, 4) is 0 Å². The highest BCUT2D eigenvalue weighted by Crippen LogP contribution is 2.55. The number of nitrogens with one attached hydrogen (secondary N) is 2. The second kappa shape index (κ2) is 2.84. The number of aliphatic hydroxyl groups is 1. The summed E-state index contributed by atoms with van der Waals surface area (Å²) in [4.78, 5) is 0. The van der Waals surface area contributed by atoms with Crippen LogP contribution in [-0.4, -0.2) is 44.1 Å². The van der Waals surface area contributed by atoms with E-state index in [9.17, 15) is 18.3 Å². The van der Waals surface area contributed by atoms with Crippen LogP contribution in [0.5, 0.6) is 0 Å². The lowest BCUT2D eigenvalue weighted by atomic mass is 9.68. The van der Waals surface area contributed by atoms with Crippen molar-refractivity contribution in [2.75, 3.05) is 32.8 Å². The zero-order chi connectivity index (χ0) is 10.4. The number of hydrogen-bond acceptors (Lipinski definition) is 3. The second-order valence-corrected chi connectivity index (χ2v) is 4.23. The second-order valence-electron chi connectivity index (χ2n) is 4.23. The third-order valence-corrected chi connectivity index (χ3v) is 3.64. The predicted octanol–water partition coefficient (Wildman–Crippen LogP) is -0.280. The molecule has 2 saturated heterocycles. The highest BCUT2D eigenvalue weighted by Gasteiger charge is 2.70. The van der Waals surface area contributed by atoms with Gasteiger partial charge in [0.1, 0.15) is 5.41 Å². The summed E-state index contributed by atoms with van der Waals surface area (Å²) >= 11 is 0. The van der Waals surface area contributed by atoms with Crippen LogP contribution in [-0.2, 0) is 0 Å². The summed E-state index contributed by atoms with van der Waals surface area (Å²) in [6, 6.07) is 0. The minimum atomic E-state index is -4.26. The van der Waals surface area contributed by atoms with E-state index in [-0.39, 0.29) is 26.2 Å². The van der Waals surface area contributed by atoms with E-state index in [0.29, 0.717) is 0 Å². The molecule has 2 aliphatic heterocycles. The van der Waals surface area contributed by atoms with Gasteiger partial charge in [-0.15, -0.1) is 0 Å². The quantitative estimate of drug-likeness (QED) is 0.557. The molecule has 3 nitrogen and oxygen atoms in total. The lowest BCUT2D eigenvalue weighted by Gasteiger charge is -2.38. The summed E-state index contributed by atoms with van der Waals surface area (Å²) in [5.41, 5.74) is -2.85. The Morgan fingerprint density at radius 3 is 1.86 bits per heavy atom. The van der Waals surface area contributed by atoms with Gasteiger partial charge < -0.3 is 15.7 Å². The molecule has 0 atom stereocenters. The Labute approximate surface area is 79.7 Å². The van der Waals surface area contributed by atoms with Crippen molar-refractivity contribution < 1.29 is 18.3 Å². The number of fused-ring (bicyclic) bond motifs is 1. The summed E-state index contributed by atoms with van der Waals surface area (Å²) in [5.74, 6) is 0. The molecule has 3 N–H and O–H groups in total. The molecule has 0 aliphatic carbocycles. The molecule has 0 unspecified atom stereocenters. The molecule has 2 aliphatic rings. The topological polar surface area (TPSA) is 44.3 Å². The summed E-state index contributed by atoms with van der Waals surface area (Å²) < 4.78 is 38.8. The van der Waals surface area contributed by atoms with Crippen LogP contribution in [0, 0.1) is 10.8 Å². The molecule has 0 saturated carbocycles. The highest BCUT2D eigenvalue weighted by molar-refractivity contribution is 5.14. The molecular weight excluding hydrogens is 197 g/mol. The number of hydrogen-bond donors (Lipinski definition) is 3. The molecule has 82 valence electrons. The van der Waals surface area contributed by atoms with Gasteiger partial charge in [-0.1, -0.05) is 0 Å². The van der Waals surface area contributed by atoms with Crippen molar-refractivity contribution in [1.82, 2.24) is 10.6 Å². The fourth-order valence-corrected chi connectivity index (χ4v) is 2.63. The maximum absolute atomic E-state index is 12.9. The highest BCUT2D eigenvalue weighted by atomic mass is 19.4. The first kappa shape index (κ1) is 10.2. The molecule has 14 heavy (non-hydrogen) atoms. The molecule has 2 rings (SSSR count). The molecule has 0 spiro atoms. The monoisotopic (exact) mass is 210 g/mol. The third-order valence-electron chi connectivity index (χ3n) is 3.64. The van der Waals surface area contributed by atoms with Crippen molar-refractivity contribution >= 4 is 0 Å². The third kappa shape index (κ3) is 0.988. The Morgan fingerprint density at radius 2 is 1.57 bits per heavy atom. The molecule has 0 aromatic rings. The van der Waals surface area contributed by atoms with Gasteiger partial charge in [-0.05, 0) is 0 Å². The Hall–Kier alpha value is -0.330. The van der Waals surface area contributed by atoms with Crippen LogP contribution in [0.3, 0.4) is 0 Å². The zero-order valence-corrected chi connectivity index (χ0v) is 7.62. The van der Waals surface area contributed by atoms with Crippen LogP contribution < -0.4 is 10.6 Å². The molecule has 2 fully saturated rings. The van der Waals surface area contributed by atoms with E-state index in [1.165, 1.54) is 0 Å². The molecule has 0 bridgehead atoms. The molecule has 0 aromatic heterocycles. The van der Waals surface area contributed by atoms with Crippen LogP contribution >= 0.6 is 0 Å². The van der Waals surface area contributed by atoms with Crippen molar-refractivity contribution in [2.24, 2.45) is 10.8 Å². The van der Waals surface area contributed by atoms with Crippen LogP contribution in [0.4, 0.5) is 13.2 Å². The molecular formula is C8H13F3N2O. The number of halogens is 3. The first-order chi connectivity index (χ1) is 6.47. The van der Waals surface area contributed by atoms with Gasteiger partial charge in [0, 0.05) is 31.6 Å². The van der Waals surface area contributed by atoms with Crippen molar-refractivity contribution in [3.05, 3.63) is 0 Å². The van der Waals surface area contributed by atoms with E-state index in [1.54, 1.807) is 0 Å². The van der Waals surface area contributed by atoms with E-state index in [2.05, 4.69) is 10.6 Å². The number of alkyl halides is 3. The fraction of sp³-hybridized carbons (Fsp3) is 1.00. The van der Waals surface area contributed by atoms with Crippen molar-refractivity contribution in [2.45, 2.75) is 6.18 Å². The predicted molar refractivity (Wildman–Crippen MR) is 43.7 cm³/mol. The van der Waals surface area contributed by atoms with E-state index in [4.69, 9.17) is 0 Å². The van der Waals surface area contributed by atoms with Gasteiger partial charge in [-0.25, -0.2) is 0 Å².